The normalized spacial score (nSPS) is 15.5. The Morgan fingerprint density at radius 2 is 1.91 bits per heavy atom. The zero-order valence-electron chi connectivity index (χ0n) is 17.3. The Balaban J connectivity index is 0.000000278. The van der Waals surface area contributed by atoms with Gasteiger partial charge in [-0.15, -0.1) is 0 Å². The van der Waals surface area contributed by atoms with Crippen LogP contribution < -0.4 is 11.1 Å². The number of nitrogens with one attached hydrogen (secondary N) is 1. The van der Waals surface area contributed by atoms with E-state index in [-0.39, 0.29) is 28.9 Å². The first-order valence-electron chi connectivity index (χ1n) is 9.62. The van der Waals surface area contributed by atoms with Crippen LogP contribution in [0.2, 0.25) is 0 Å². The van der Waals surface area contributed by atoms with E-state index in [4.69, 9.17) is 10.3 Å². The number of likely N-dealkylation sites (tertiary alicyclic amines) is 1. The molecule has 1 aliphatic rings. The number of anilines is 1. The van der Waals surface area contributed by atoms with Gasteiger partial charge in [-0.3, -0.25) is 24.3 Å². The first kappa shape index (κ1) is 24.9. The van der Waals surface area contributed by atoms with Crippen LogP contribution >= 0.6 is 0 Å². The average molecular weight is 465 g/mol. The first-order chi connectivity index (χ1) is 15.0. The highest BCUT2D eigenvalue weighted by Gasteiger charge is 2.33. The monoisotopic (exact) mass is 464 g/mol. The molecule has 0 unspecified atom stereocenters. The van der Waals surface area contributed by atoms with Gasteiger partial charge in [0.2, 0.25) is 11.8 Å². The van der Waals surface area contributed by atoms with Gasteiger partial charge >= 0.3 is 0 Å². The number of nitrogens with zero attached hydrogens (tertiary/aromatic N) is 2. The summed E-state index contributed by atoms with van der Waals surface area (Å²) in [6, 6.07) is 11.1. The van der Waals surface area contributed by atoms with Crippen LogP contribution in [0.25, 0.3) is 0 Å². The summed E-state index contributed by atoms with van der Waals surface area (Å²) in [7, 11) is -4.02. The molecule has 1 atom stereocenters. The number of nitro groups is 1. The van der Waals surface area contributed by atoms with Crippen molar-refractivity contribution in [3.63, 3.8) is 0 Å². The molecule has 0 spiro atoms. The number of nitrogens with two attached hydrogens (primary N) is 1. The second-order valence-corrected chi connectivity index (χ2v) is 8.46. The van der Waals surface area contributed by atoms with Crippen molar-refractivity contribution >= 4 is 33.3 Å². The quantitative estimate of drug-likeness (QED) is 0.341. The first-order valence-corrected chi connectivity index (χ1v) is 11.1. The van der Waals surface area contributed by atoms with Crippen molar-refractivity contribution in [3.05, 3.63) is 64.2 Å². The fourth-order valence-corrected chi connectivity index (χ4v) is 3.57. The summed E-state index contributed by atoms with van der Waals surface area (Å²) in [5.74, 6) is -0.624. The Kier molecular flexibility index (Phi) is 8.41. The van der Waals surface area contributed by atoms with E-state index in [1.807, 2.05) is 6.92 Å². The molecule has 1 aliphatic heterocycles. The highest BCUT2D eigenvalue weighted by molar-refractivity contribution is 7.85. The zero-order valence-corrected chi connectivity index (χ0v) is 18.1. The molecule has 0 radical (unpaired) electrons. The lowest BCUT2D eigenvalue weighted by Gasteiger charge is -2.23. The molecule has 1 fully saturated rings. The van der Waals surface area contributed by atoms with E-state index in [1.165, 1.54) is 35.2 Å². The number of rotatable bonds is 5. The predicted molar refractivity (Wildman–Crippen MR) is 117 cm³/mol. The van der Waals surface area contributed by atoms with E-state index in [9.17, 15) is 28.1 Å². The molecule has 0 aromatic heterocycles. The molecule has 3 rings (SSSR count). The van der Waals surface area contributed by atoms with Gasteiger partial charge in [-0.2, -0.15) is 8.42 Å². The van der Waals surface area contributed by atoms with Gasteiger partial charge < -0.3 is 16.0 Å². The molecule has 12 heteroatoms. The molecular formula is C20H24N4O7S. The van der Waals surface area contributed by atoms with Gasteiger partial charge in [0.25, 0.3) is 15.8 Å². The maximum atomic E-state index is 12.2. The zero-order chi connectivity index (χ0) is 23.9. The lowest BCUT2D eigenvalue weighted by atomic mass is 10.2. The van der Waals surface area contributed by atoms with Crippen molar-refractivity contribution in [2.75, 3.05) is 18.4 Å². The van der Waals surface area contributed by atoms with E-state index in [0.717, 1.165) is 12.0 Å². The number of non-ortho nitro benzene ring substituents is 1. The van der Waals surface area contributed by atoms with Gasteiger partial charge in [0.1, 0.15) is 6.04 Å². The average Bonchev–Trinajstić information content (AvgIpc) is 3.23. The molecule has 32 heavy (non-hydrogen) atoms. The summed E-state index contributed by atoms with van der Waals surface area (Å²) in [4.78, 5) is 35.4. The van der Waals surface area contributed by atoms with Crippen molar-refractivity contribution in [1.29, 1.82) is 0 Å². The fraction of sp³-hybridized carbons (Fsp3) is 0.300. The van der Waals surface area contributed by atoms with Crippen LogP contribution in [-0.2, 0) is 19.7 Å². The Bertz CT molecular complexity index is 1090. The molecule has 0 bridgehead atoms. The minimum Gasteiger partial charge on any atom is -0.330 e. The van der Waals surface area contributed by atoms with Crippen LogP contribution in [0.3, 0.4) is 0 Å². The Labute approximate surface area is 185 Å². The second-order valence-electron chi connectivity index (χ2n) is 7.03. The minimum atomic E-state index is -4.02. The highest BCUT2D eigenvalue weighted by atomic mass is 32.2. The standard InChI is InChI=1S/C13H16N4O4.C7H8O3S/c14-8-12(18)16-6-2-5-11(16)13(19)15-9-3-1-4-10(7-9)17(20)21;1-6-2-4-7(5-3-6)11(8,9)10/h1,3-4,7,11H,2,5-6,8,14H2,(H,15,19);2-5H,1H3,(H,8,9,10)/t11-;/m0./s1. The molecule has 0 saturated carbocycles. The number of amides is 2. The number of nitro benzene ring substituents is 1. The molecular weight excluding hydrogens is 440 g/mol. The van der Waals surface area contributed by atoms with E-state index < -0.39 is 21.1 Å². The smallest absolute Gasteiger partial charge is 0.294 e. The van der Waals surface area contributed by atoms with Gasteiger partial charge in [-0.1, -0.05) is 23.8 Å². The SMILES string of the molecule is Cc1ccc(S(=O)(=O)O)cc1.NCC(=O)N1CCC[C@H]1C(=O)Nc1cccc([N+](=O)[O-])c1. The van der Waals surface area contributed by atoms with Crippen LogP contribution in [0.4, 0.5) is 11.4 Å². The lowest BCUT2D eigenvalue weighted by Crippen LogP contribution is -2.45. The van der Waals surface area contributed by atoms with E-state index >= 15 is 0 Å². The number of aryl methyl sites for hydroxylation is 1. The van der Waals surface area contributed by atoms with Gasteiger partial charge in [0.15, 0.2) is 0 Å². The van der Waals surface area contributed by atoms with Gasteiger partial charge in [0, 0.05) is 24.4 Å². The van der Waals surface area contributed by atoms with Crippen molar-refractivity contribution in [2.45, 2.75) is 30.7 Å². The lowest BCUT2D eigenvalue weighted by molar-refractivity contribution is -0.384. The van der Waals surface area contributed by atoms with Crippen molar-refractivity contribution in [3.8, 4) is 0 Å². The van der Waals surface area contributed by atoms with Crippen LogP contribution in [0.5, 0.6) is 0 Å². The molecule has 2 amide bonds. The van der Waals surface area contributed by atoms with Crippen LogP contribution in [0.15, 0.2) is 53.4 Å². The van der Waals surface area contributed by atoms with Crippen LogP contribution in [0, 0.1) is 17.0 Å². The number of carbonyl (C=O) groups is 2. The van der Waals surface area contributed by atoms with E-state index in [0.29, 0.717) is 18.7 Å². The predicted octanol–water partition coefficient (Wildman–Crippen LogP) is 1.72. The van der Waals surface area contributed by atoms with Gasteiger partial charge in [-0.05, 0) is 38.0 Å². The minimum absolute atomic E-state index is 0.0666. The summed E-state index contributed by atoms with van der Waals surface area (Å²) in [6.07, 6.45) is 1.30. The topological polar surface area (TPSA) is 173 Å². The highest BCUT2D eigenvalue weighted by Crippen LogP contribution is 2.21. The van der Waals surface area contributed by atoms with Gasteiger partial charge in [-0.25, -0.2) is 0 Å². The molecule has 0 aliphatic carbocycles. The summed E-state index contributed by atoms with van der Waals surface area (Å²) >= 11 is 0. The maximum absolute atomic E-state index is 12.2. The largest absolute Gasteiger partial charge is 0.330 e. The third-order valence-electron chi connectivity index (χ3n) is 4.69. The molecule has 172 valence electrons. The summed E-state index contributed by atoms with van der Waals surface area (Å²) < 4.78 is 29.6. The summed E-state index contributed by atoms with van der Waals surface area (Å²) in [6.45, 7) is 2.21. The molecule has 1 saturated heterocycles. The van der Waals surface area contributed by atoms with Crippen molar-refractivity contribution in [1.82, 2.24) is 4.90 Å². The van der Waals surface area contributed by atoms with Crippen LogP contribution in [0.1, 0.15) is 18.4 Å². The number of carbonyl (C=O) groups excluding carboxylic acids is 2. The molecule has 2 aromatic rings. The van der Waals surface area contributed by atoms with Crippen molar-refractivity contribution in [2.24, 2.45) is 5.73 Å². The Hall–Kier alpha value is -3.35. The summed E-state index contributed by atoms with van der Waals surface area (Å²) in [5.41, 5.74) is 6.51. The van der Waals surface area contributed by atoms with E-state index in [2.05, 4.69) is 5.32 Å². The van der Waals surface area contributed by atoms with Gasteiger partial charge in [0.05, 0.1) is 16.4 Å². The second kappa shape index (κ2) is 10.8. The third-order valence-corrected chi connectivity index (χ3v) is 5.56. The molecule has 11 nitrogen and oxygen atoms in total. The summed E-state index contributed by atoms with van der Waals surface area (Å²) in [5, 5.41) is 13.3. The Morgan fingerprint density at radius 3 is 2.47 bits per heavy atom. The Morgan fingerprint density at radius 1 is 1.25 bits per heavy atom. The molecule has 1 heterocycles. The fourth-order valence-electron chi connectivity index (χ4n) is 3.09. The van der Waals surface area contributed by atoms with Crippen molar-refractivity contribution < 1.29 is 27.5 Å². The number of hydrogen-bond acceptors (Lipinski definition) is 7. The molecule has 2 aromatic carbocycles. The van der Waals surface area contributed by atoms with E-state index in [1.54, 1.807) is 18.2 Å². The molecule has 4 N–H and O–H groups in total. The van der Waals surface area contributed by atoms with Crippen LogP contribution in [-0.4, -0.2) is 53.7 Å². The third kappa shape index (κ3) is 6.83. The maximum Gasteiger partial charge on any atom is 0.294 e. The number of hydrogen-bond donors (Lipinski definition) is 3. The number of benzene rings is 2.